The summed E-state index contributed by atoms with van der Waals surface area (Å²) >= 11 is 0. The van der Waals surface area contributed by atoms with E-state index >= 15 is 0 Å². The van der Waals surface area contributed by atoms with Gasteiger partial charge in [0.15, 0.2) is 0 Å². The van der Waals surface area contributed by atoms with Crippen molar-refractivity contribution in [3.05, 3.63) is 36.3 Å². The second-order valence-electron chi connectivity index (χ2n) is 2.32. The second-order valence-corrected chi connectivity index (χ2v) is 2.32. The van der Waals surface area contributed by atoms with Gasteiger partial charge in [-0.25, -0.2) is 0 Å². The largest absolute Gasteiger partial charge is 0.466 e. The highest BCUT2D eigenvalue weighted by molar-refractivity contribution is 5.27. The molecule has 0 atom stereocenters. The van der Waals surface area contributed by atoms with Crippen molar-refractivity contribution in [2.45, 2.75) is 33.6 Å². The van der Waals surface area contributed by atoms with Crippen LogP contribution in [0.2, 0.25) is 0 Å². The molecule has 0 saturated carbocycles. The molecule has 12 heavy (non-hydrogen) atoms. The first-order valence-corrected chi connectivity index (χ1v) is 4.49. The molecule has 1 rings (SSSR count). The van der Waals surface area contributed by atoms with Crippen molar-refractivity contribution in [1.82, 2.24) is 0 Å². The van der Waals surface area contributed by atoms with E-state index in [1.54, 1.807) is 0 Å². The van der Waals surface area contributed by atoms with Crippen LogP contribution in [-0.2, 0) is 4.74 Å². The highest BCUT2D eigenvalue weighted by Gasteiger charge is 2.02. The Morgan fingerprint density at radius 3 is 2.42 bits per heavy atom. The average molecular weight is 166 g/mol. The van der Waals surface area contributed by atoms with Gasteiger partial charge in [0.25, 0.3) is 0 Å². The Morgan fingerprint density at radius 1 is 1.33 bits per heavy atom. The Morgan fingerprint density at radius 2 is 1.92 bits per heavy atom. The highest BCUT2D eigenvalue weighted by Crippen LogP contribution is 2.18. The molecule has 0 bridgehead atoms. The molecule has 0 aromatic heterocycles. The predicted molar refractivity (Wildman–Crippen MR) is 53.7 cm³/mol. The molecule has 1 aliphatic rings. The van der Waals surface area contributed by atoms with Crippen LogP contribution in [0.5, 0.6) is 0 Å². The van der Waals surface area contributed by atoms with Crippen molar-refractivity contribution in [3.8, 4) is 0 Å². The number of rotatable bonds is 2. The molecule has 68 valence electrons. The molecule has 1 heteroatoms. The van der Waals surface area contributed by atoms with E-state index < -0.39 is 0 Å². The van der Waals surface area contributed by atoms with Gasteiger partial charge in [0.2, 0.25) is 0 Å². The maximum atomic E-state index is 5.15. The number of allylic oxidation sites excluding steroid dienone is 3. The third-order valence-electron chi connectivity index (χ3n) is 1.55. The molecule has 1 aliphatic carbocycles. The normalized spacial score (nSPS) is 14.9. The molecule has 0 aromatic rings. The molecule has 0 radical (unpaired) electrons. The number of hydrogen-bond donors (Lipinski definition) is 0. The van der Waals surface area contributed by atoms with Crippen LogP contribution in [0.15, 0.2) is 36.3 Å². The minimum Gasteiger partial charge on any atom is -0.466 e. The topological polar surface area (TPSA) is 9.23 Å². The highest BCUT2D eigenvalue weighted by atomic mass is 16.5. The first-order chi connectivity index (χ1) is 5.84. The molecule has 0 aromatic carbocycles. The Bertz CT molecular complexity index is 187. The lowest BCUT2D eigenvalue weighted by Gasteiger charge is -2.10. The van der Waals surface area contributed by atoms with Crippen molar-refractivity contribution in [3.63, 3.8) is 0 Å². The molecule has 0 aliphatic heterocycles. The quantitative estimate of drug-likeness (QED) is 0.567. The van der Waals surface area contributed by atoms with Gasteiger partial charge in [-0.1, -0.05) is 26.5 Å². The average Bonchev–Trinajstić information content (AvgIpc) is 2.13. The van der Waals surface area contributed by atoms with Gasteiger partial charge in [-0.15, -0.1) is 0 Å². The van der Waals surface area contributed by atoms with Gasteiger partial charge in [-0.3, -0.25) is 0 Å². The summed E-state index contributed by atoms with van der Waals surface area (Å²) in [5, 5.41) is 0. The molecule has 1 nitrogen and oxygen atoms in total. The Labute approximate surface area is 75.4 Å². The van der Waals surface area contributed by atoms with Crippen LogP contribution in [0.25, 0.3) is 0 Å². The van der Waals surface area contributed by atoms with Crippen LogP contribution in [0.3, 0.4) is 0 Å². The van der Waals surface area contributed by atoms with E-state index in [-0.39, 0.29) is 0 Å². The smallest absolute Gasteiger partial charge is 0.125 e. The minimum atomic E-state index is 0.959. The molecule has 0 amide bonds. The van der Waals surface area contributed by atoms with Gasteiger partial charge in [0.1, 0.15) is 5.76 Å². The zero-order valence-corrected chi connectivity index (χ0v) is 8.26. The van der Waals surface area contributed by atoms with Crippen molar-refractivity contribution >= 4 is 0 Å². The Kier molecular flexibility index (Phi) is 6.16. The fourth-order valence-electron chi connectivity index (χ4n) is 1.01. The van der Waals surface area contributed by atoms with Crippen molar-refractivity contribution in [2.24, 2.45) is 0 Å². The summed E-state index contributed by atoms with van der Waals surface area (Å²) in [6.45, 7) is 9.55. The zero-order valence-electron chi connectivity index (χ0n) is 8.26. The third kappa shape index (κ3) is 3.42. The zero-order chi connectivity index (χ0) is 9.40. The molecule has 0 fully saturated rings. The monoisotopic (exact) mass is 166 g/mol. The van der Waals surface area contributed by atoms with Gasteiger partial charge in [-0.2, -0.15) is 0 Å². The molecule has 0 N–H and O–H groups in total. The van der Waals surface area contributed by atoms with Crippen LogP contribution in [0.1, 0.15) is 33.6 Å². The van der Waals surface area contributed by atoms with Crippen molar-refractivity contribution in [2.75, 3.05) is 0 Å². The first-order valence-electron chi connectivity index (χ1n) is 4.49. The summed E-state index contributed by atoms with van der Waals surface area (Å²) in [6, 6.07) is 0. The van der Waals surface area contributed by atoms with E-state index in [1.807, 2.05) is 13.8 Å². The fraction of sp³-hybridized carbons (Fsp3) is 0.455. The first kappa shape index (κ1) is 11.0. The molecule has 0 saturated heterocycles. The summed E-state index contributed by atoms with van der Waals surface area (Å²) in [5.74, 6) is 0.959. The lowest BCUT2D eigenvalue weighted by Crippen LogP contribution is -1.92. The SMILES string of the molecule is C=COC1=CCCC=C1C.CC. The van der Waals surface area contributed by atoms with E-state index in [2.05, 4.69) is 25.7 Å². The van der Waals surface area contributed by atoms with Crippen LogP contribution >= 0.6 is 0 Å². The van der Waals surface area contributed by atoms with Crippen molar-refractivity contribution < 1.29 is 4.74 Å². The van der Waals surface area contributed by atoms with Crippen LogP contribution in [0.4, 0.5) is 0 Å². The third-order valence-corrected chi connectivity index (χ3v) is 1.55. The maximum Gasteiger partial charge on any atom is 0.125 e. The lowest BCUT2D eigenvalue weighted by molar-refractivity contribution is 0.358. The van der Waals surface area contributed by atoms with E-state index in [0.29, 0.717) is 0 Å². The molecular formula is C11H18O. The molecule has 0 heterocycles. The Hall–Kier alpha value is -0.980. The molecule has 0 unspecified atom stereocenters. The van der Waals surface area contributed by atoms with Crippen LogP contribution in [0, 0.1) is 0 Å². The lowest BCUT2D eigenvalue weighted by atomic mass is 10.1. The number of hydrogen-bond acceptors (Lipinski definition) is 1. The molecule has 0 spiro atoms. The summed E-state index contributed by atoms with van der Waals surface area (Å²) in [4.78, 5) is 0. The standard InChI is InChI=1S/C9H12O.C2H6/c1-3-10-9-7-5-4-6-8(9)2;1-2/h3,6-7H,1,4-5H2,2H3;1-2H3. The molecular weight excluding hydrogens is 148 g/mol. The van der Waals surface area contributed by atoms with E-state index in [0.717, 1.165) is 18.6 Å². The summed E-state index contributed by atoms with van der Waals surface area (Å²) < 4.78 is 5.15. The van der Waals surface area contributed by atoms with Gasteiger partial charge >= 0.3 is 0 Å². The van der Waals surface area contributed by atoms with Gasteiger partial charge in [0, 0.05) is 0 Å². The second kappa shape index (κ2) is 6.71. The van der Waals surface area contributed by atoms with Crippen molar-refractivity contribution in [1.29, 1.82) is 0 Å². The number of ether oxygens (including phenoxy) is 1. The summed E-state index contributed by atoms with van der Waals surface area (Å²) in [7, 11) is 0. The van der Waals surface area contributed by atoms with Crippen LogP contribution in [-0.4, -0.2) is 0 Å². The Balaban J connectivity index is 0.000000561. The fourth-order valence-corrected chi connectivity index (χ4v) is 1.01. The minimum absolute atomic E-state index is 0.959. The van der Waals surface area contributed by atoms with Gasteiger partial charge in [-0.05, 0) is 31.4 Å². The van der Waals surface area contributed by atoms with E-state index in [4.69, 9.17) is 4.74 Å². The summed E-state index contributed by atoms with van der Waals surface area (Å²) in [5.41, 5.74) is 1.21. The van der Waals surface area contributed by atoms with Crippen LogP contribution < -0.4 is 0 Å². The van der Waals surface area contributed by atoms with Gasteiger partial charge < -0.3 is 4.74 Å². The summed E-state index contributed by atoms with van der Waals surface area (Å²) in [6.07, 6.45) is 7.96. The van der Waals surface area contributed by atoms with Gasteiger partial charge in [0.05, 0.1) is 6.26 Å². The maximum absolute atomic E-state index is 5.15. The predicted octanol–water partition coefficient (Wildman–Crippen LogP) is 3.80. The van der Waals surface area contributed by atoms with E-state index in [1.165, 1.54) is 11.8 Å². The van der Waals surface area contributed by atoms with E-state index in [9.17, 15) is 0 Å².